The average Bonchev–Trinajstić information content (AvgIpc) is 3.09. The molecule has 5 rings (SSSR count). The molecule has 2 aromatic carbocycles. The quantitative estimate of drug-likeness (QED) is 0.356. The van der Waals surface area contributed by atoms with Crippen LogP contribution in [0, 0.1) is 13.8 Å². The second-order valence-corrected chi connectivity index (χ2v) is 9.14. The van der Waals surface area contributed by atoms with Gasteiger partial charge in [-0.2, -0.15) is 0 Å². The van der Waals surface area contributed by atoms with Gasteiger partial charge in [0.15, 0.2) is 5.43 Å². The first-order valence-electron chi connectivity index (χ1n) is 11.8. The number of fused-ring (bicyclic) bond motifs is 2. The number of carbonyl (C=O) groups excluding carboxylic acids is 3. The van der Waals surface area contributed by atoms with E-state index in [9.17, 15) is 19.2 Å². The topological polar surface area (TPSA) is 106 Å². The lowest BCUT2D eigenvalue weighted by atomic mass is 10.1. The van der Waals surface area contributed by atoms with E-state index in [-0.39, 0.29) is 30.1 Å². The number of hydrogen-bond donors (Lipinski definition) is 0. The first kappa shape index (κ1) is 26.5. The van der Waals surface area contributed by atoms with E-state index < -0.39 is 23.9 Å². The van der Waals surface area contributed by atoms with Crippen molar-refractivity contribution < 1.29 is 28.3 Å². The van der Waals surface area contributed by atoms with Crippen molar-refractivity contribution in [3.05, 3.63) is 80.7 Å². The predicted octanol–water partition coefficient (Wildman–Crippen LogP) is 2.99. The van der Waals surface area contributed by atoms with Crippen molar-refractivity contribution in [3.63, 3.8) is 0 Å². The lowest BCUT2D eigenvalue weighted by Gasteiger charge is -2.31. The number of morpholine rings is 1. The number of imide groups is 1. The molecule has 3 heterocycles. The highest BCUT2D eigenvalue weighted by atomic mass is 35.5. The Hall–Kier alpha value is -3.53. The van der Waals surface area contributed by atoms with Crippen LogP contribution in [0.25, 0.3) is 11.0 Å². The van der Waals surface area contributed by atoms with Gasteiger partial charge >= 0.3 is 5.97 Å². The number of ether oxygens (including phenoxy) is 2. The molecule has 1 saturated heterocycles. The minimum Gasteiger partial charge on any atom is -0.453 e. The minimum absolute atomic E-state index is 0. The van der Waals surface area contributed by atoms with Crippen LogP contribution in [0.1, 0.15) is 42.4 Å². The summed E-state index contributed by atoms with van der Waals surface area (Å²) in [6.45, 7) is 6.17. The summed E-state index contributed by atoms with van der Waals surface area (Å²) >= 11 is 0. The van der Waals surface area contributed by atoms with Gasteiger partial charge in [0.05, 0.1) is 36.3 Å². The zero-order valence-electron chi connectivity index (χ0n) is 20.5. The van der Waals surface area contributed by atoms with E-state index in [1.165, 1.54) is 0 Å². The zero-order chi connectivity index (χ0) is 25.4. The van der Waals surface area contributed by atoms with Crippen molar-refractivity contribution in [1.29, 1.82) is 0 Å². The molecule has 2 amide bonds. The van der Waals surface area contributed by atoms with Crippen LogP contribution in [-0.4, -0.2) is 73.1 Å². The summed E-state index contributed by atoms with van der Waals surface area (Å²) in [5.74, 6) is -1.92. The normalized spacial score (nSPS) is 16.4. The van der Waals surface area contributed by atoms with Crippen molar-refractivity contribution in [2.45, 2.75) is 20.0 Å². The molecule has 3 aromatic rings. The van der Waals surface area contributed by atoms with E-state index in [1.54, 1.807) is 30.3 Å². The Morgan fingerprint density at radius 3 is 2.27 bits per heavy atom. The second kappa shape index (κ2) is 10.8. The van der Waals surface area contributed by atoms with Gasteiger partial charge < -0.3 is 13.9 Å². The average molecular weight is 527 g/mol. The van der Waals surface area contributed by atoms with E-state index in [4.69, 9.17) is 13.9 Å². The molecule has 0 spiro atoms. The number of halogens is 1. The molecule has 0 saturated carbocycles. The minimum atomic E-state index is -0.835. The molecule has 0 radical (unpaired) electrons. The van der Waals surface area contributed by atoms with Crippen LogP contribution >= 0.6 is 12.4 Å². The molecule has 0 bridgehead atoms. The highest BCUT2D eigenvalue weighted by Gasteiger charge is 2.38. The smallest absolute Gasteiger partial charge is 0.374 e. The molecular weight excluding hydrogens is 500 g/mol. The number of aryl methyl sites for hydroxylation is 2. The maximum absolute atomic E-state index is 13.1. The van der Waals surface area contributed by atoms with E-state index >= 15 is 0 Å². The summed E-state index contributed by atoms with van der Waals surface area (Å²) in [6.07, 6.45) is -0.835. The fraction of sp³-hybridized carbons (Fsp3) is 0.333. The Kier molecular flexibility index (Phi) is 7.77. The van der Waals surface area contributed by atoms with Gasteiger partial charge in [0.25, 0.3) is 11.8 Å². The van der Waals surface area contributed by atoms with Crippen molar-refractivity contribution in [3.8, 4) is 0 Å². The number of esters is 1. The Bertz CT molecular complexity index is 1390. The Balaban J connectivity index is 0.00000320. The Morgan fingerprint density at radius 2 is 1.62 bits per heavy atom. The lowest BCUT2D eigenvalue weighted by molar-refractivity contribution is -0.0121. The van der Waals surface area contributed by atoms with Crippen LogP contribution < -0.4 is 5.43 Å². The molecule has 2 aliphatic rings. The van der Waals surface area contributed by atoms with Crippen molar-refractivity contribution >= 4 is 41.2 Å². The molecule has 194 valence electrons. The third-order valence-corrected chi connectivity index (χ3v) is 6.48. The molecule has 0 aliphatic carbocycles. The summed E-state index contributed by atoms with van der Waals surface area (Å²) in [5, 5.41) is 0.410. The maximum atomic E-state index is 13.1. The summed E-state index contributed by atoms with van der Waals surface area (Å²) in [5.41, 5.74) is 2.26. The molecule has 1 atom stereocenters. The van der Waals surface area contributed by atoms with Gasteiger partial charge in [-0.15, -0.1) is 12.4 Å². The van der Waals surface area contributed by atoms with Gasteiger partial charge in [0.1, 0.15) is 11.7 Å². The summed E-state index contributed by atoms with van der Waals surface area (Å²) in [4.78, 5) is 54.9. The standard InChI is InChI=1S/C27H26N2O7.ClH/c1-16-11-17(2)24-21(30)13-23(36-22(24)12-16)27(33)35-18(14-28-7-9-34-10-8-28)15-29-25(31)19-5-3-4-6-20(19)26(29)32;/h3-6,11-13,18H,7-10,14-15H2,1-2H3;1H. The monoisotopic (exact) mass is 526 g/mol. The predicted molar refractivity (Wildman–Crippen MR) is 137 cm³/mol. The van der Waals surface area contributed by atoms with Crippen molar-refractivity contribution in [1.82, 2.24) is 9.80 Å². The molecule has 2 aliphatic heterocycles. The van der Waals surface area contributed by atoms with E-state index in [1.807, 2.05) is 24.8 Å². The highest BCUT2D eigenvalue weighted by molar-refractivity contribution is 6.21. The van der Waals surface area contributed by atoms with E-state index in [2.05, 4.69) is 0 Å². The van der Waals surface area contributed by atoms with Crippen LogP contribution in [0.3, 0.4) is 0 Å². The first-order chi connectivity index (χ1) is 17.3. The Labute approximate surface area is 219 Å². The van der Waals surface area contributed by atoms with Crippen LogP contribution in [0.4, 0.5) is 0 Å². The van der Waals surface area contributed by atoms with Gasteiger partial charge in [0, 0.05) is 25.7 Å². The number of nitrogens with zero attached hydrogens (tertiary/aromatic N) is 2. The molecular formula is C27H27ClN2O7. The van der Waals surface area contributed by atoms with Crippen LogP contribution in [0.5, 0.6) is 0 Å². The number of rotatable bonds is 6. The van der Waals surface area contributed by atoms with Gasteiger partial charge in [-0.05, 0) is 43.2 Å². The molecule has 1 unspecified atom stereocenters. The van der Waals surface area contributed by atoms with Gasteiger partial charge in [-0.3, -0.25) is 24.2 Å². The second-order valence-electron chi connectivity index (χ2n) is 9.14. The van der Waals surface area contributed by atoms with Crippen LogP contribution in [0.2, 0.25) is 0 Å². The lowest BCUT2D eigenvalue weighted by Crippen LogP contribution is -2.47. The largest absolute Gasteiger partial charge is 0.453 e. The van der Waals surface area contributed by atoms with Crippen LogP contribution in [0.15, 0.2) is 51.7 Å². The van der Waals surface area contributed by atoms with Crippen molar-refractivity contribution in [2.24, 2.45) is 0 Å². The fourth-order valence-electron chi connectivity index (χ4n) is 4.79. The highest BCUT2D eigenvalue weighted by Crippen LogP contribution is 2.24. The van der Waals surface area contributed by atoms with Gasteiger partial charge in [-0.1, -0.05) is 18.2 Å². The molecule has 10 heteroatoms. The number of hydrogen-bond acceptors (Lipinski definition) is 8. The molecule has 1 fully saturated rings. The fourth-order valence-corrected chi connectivity index (χ4v) is 4.79. The number of carbonyl (C=O) groups is 3. The summed E-state index contributed by atoms with van der Waals surface area (Å²) in [7, 11) is 0. The first-order valence-corrected chi connectivity index (χ1v) is 11.8. The third kappa shape index (κ3) is 5.29. The SMILES string of the molecule is Cc1cc(C)c2c(=O)cc(C(=O)OC(CN3CCOCC3)CN3C(=O)c4ccccc4C3=O)oc2c1.Cl. The maximum Gasteiger partial charge on any atom is 0.374 e. The summed E-state index contributed by atoms with van der Waals surface area (Å²) < 4.78 is 16.9. The Morgan fingerprint density at radius 1 is 0.973 bits per heavy atom. The molecule has 37 heavy (non-hydrogen) atoms. The molecule has 1 aromatic heterocycles. The van der Waals surface area contributed by atoms with Gasteiger partial charge in [-0.25, -0.2) is 4.79 Å². The zero-order valence-corrected chi connectivity index (χ0v) is 21.3. The van der Waals surface area contributed by atoms with E-state index in [0.29, 0.717) is 54.9 Å². The van der Waals surface area contributed by atoms with Crippen molar-refractivity contribution in [2.75, 3.05) is 39.4 Å². The van der Waals surface area contributed by atoms with E-state index in [0.717, 1.165) is 22.1 Å². The molecule has 9 nitrogen and oxygen atoms in total. The third-order valence-electron chi connectivity index (χ3n) is 6.48. The number of benzene rings is 2. The summed E-state index contributed by atoms with van der Waals surface area (Å²) in [6, 6.07) is 11.3. The van der Waals surface area contributed by atoms with Crippen LogP contribution in [-0.2, 0) is 9.47 Å². The number of amides is 2. The van der Waals surface area contributed by atoms with Gasteiger partial charge in [0.2, 0.25) is 5.76 Å². The molecule has 0 N–H and O–H groups in total.